The van der Waals surface area contributed by atoms with Crippen LogP contribution in [0.3, 0.4) is 0 Å². The lowest BCUT2D eigenvalue weighted by Gasteiger charge is -2.22. The van der Waals surface area contributed by atoms with Crippen molar-refractivity contribution in [2.75, 3.05) is 11.9 Å². The third kappa shape index (κ3) is 3.44. The van der Waals surface area contributed by atoms with Crippen LogP contribution in [0.4, 0.5) is 18.9 Å². The fourth-order valence-electron chi connectivity index (χ4n) is 2.09. The van der Waals surface area contributed by atoms with Gasteiger partial charge in [-0.15, -0.1) is 0 Å². The minimum atomic E-state index is -4.38. The van der Waals surface area contributed by atoms with Gasteiger partial charge in [0.05, 0.1) is 11.5 Å². The lowest BCUT2D eigenvalue weighted by Crippen LogP contribution is -2.30. The predicted molar refractivity (Wildman–Crippen MR) is 77.5 cm³/mol. The molecule has 1 aromatic carbocycles. The topological polar surface area (TPSA) is 33.2 Å². The molecule has 0 bridgehead atoms. The van der Waals surface area contributed by atoms with E-state index in [9.17, 15) is 18.0 Å². The number of carbonyl (C=O) groups excluding carboxylic acids is 1. The molecule has 0 fully saturated rings. The average molecular weight is 308 g/mol. The molecule has 0 N–H and O–H groups in total. The van der Waals surface area contributed by atoms with E-state index in [-0.39, 0.29) is 5.91 Å². The van der Waals surface area contributed by atoms with E-state index < -0.39 is 17.7 Å². The van der Waals surface area contributed by atoms with Gasteiger partial charge in [-0.05, 0) is 36.8 Å². The second-order valence-corrected chi connectivity index (χ2v) is 4.94. The molecule has 0 aliphatic heterocycles. The number of alkyl halides is 3. The van der Waals surface area contributed by atoms with Crippen molar-refractivity contribution in [1.29, 1.82) is 0 Å². The van der Waals surface area contributed by atoms with Gasteiger partial charge in [-0.25, -0.2) is 0 Å². The number of likely N-dealkylation sites (N-methyl/N-ethyl adjacent to an activating group) is 1. The van der Waals surface area contributed by atoms with Gasteiger partial charge < -0.3 is 4.90 Å². The molecular weight excluding hydrogens is 293 g/mol. The SMILES string of the molecule is CC(C(=O)N(C)c1ccncc1)c1ccc(C(F)(F)F)cc1. The van der Waals surface area contributed by atoms with Crippen molar-refractivity contribution < 1.29 is 18.0 Å². The molecule has 116 valence electrons. The second-order valence-electron chi connectivity index (χ2n) is 4.94. The zero-order chi connectivity index (χ0) is 16.3. The van der Waals surface area contributed by atoms with Crippen LogP contribution in [-0.4, -0.2) is 17.9 Å². The molecule has 1 aromatic heterocycles. The Labute approximate surface area is 126 Å². The molecule has 22 heavy (non-hydrogen) atoms. The molecule has 0 radical (unpaired) electrons. The van der Waals surface area contributed by atoms with Gasteiger partial charge in [-0.3, -0.25) is 9.78 Å². The Morgan fingerprint density at radius 3 is 2.14 bits per heavy atom. The highest BCUT2D eigenvalue weighted by Gasteiger charge is 2.30. The Morgan fingerprint density at radius 1 is 1.09 bits per heavy atom. The quantitative estimate of drug-likeness (QED) is 0.862. The molecule has 0 aliphatic carbocycles. The number of amides is 1. The van der Waals surface area contributed by atoms with Crippen molar-refractivity contribution in [2.24, 2.45) is 0 Å². The maximum Gasteiger partial charge on any atom is 0.416 e. The molecule has 6 heteroatoms. The largest absolute Gasteiger partial charge is 0.416 e. The van der Waals surface area contributed by atoms with Crippen LogP contribution >= 0.6 is 0 Å². The maximum atomic E-state index is 12.5. The van der Waals surface area contributed by atoms with Gasteiger partial charge in [0.25, 0.3) is 0 Å². The highest BCUT2D eigenvalue weighted by molar-refractivity contribution is 5.97. The lowest BCUT2D eigenvalue weighted by molar-refractivity contribution is -0.137. The zero-order valence-corrected chi connectivity index (χ0v) is 12.1. The van der Waals surface area contributed by atoms with Crippen LogP contribution in [0, 0.1) is 0 Å². The first-order chi connectivity index (χ1) is 10.3. The van der Waals surface area contributed by atoms with Crippen molar-refractivity contribution >= 4 is 11.6 Å². The summed E-state index contributed by atoms with van der Waals surface area (Å²) in [5.74, 6) is -0.744. The number of hydrogen-bond donors (Lipinski definition) is 0. The highest BCUT2D eigenvalue weighted by atomic mass is 19.4. The summed E-state index contributed by atoms with van der Waals surface area (Å²) in [6.07, 6.45) is -1.23. The van der Waals surface area contributed by atoms with Gasteiger partial charge in [0.1, 0.15) is 0 Å². The summed E-state index contributed by atoms with van der Waals surface area (Å²) in [6, 6.07) is 8.05. The van der Waals surface area contributed by atoms with Gasteiger partial charge in [0.2, 0.25) is 5.91 Å². The smallest absolute Gasteiger partial charge is 0.315 e. The summed E-state index contributed by atoms with van der Waals surface area (Å²) < 4.78 is 37.6. The number of rotatable bonds is 3. The molecule has 2 aromatic rings. The summed E-state index contributed by atoms with van der Waals surface area (Å²) in [4.78, 5) is 17.7. The van der Waals surface area contributed by atoms with E-state index in [2.05, 4.69) is 4.98 Å². The number of nitrogens with zero attached hydrogens (tertiary/aromatic N) is 2. The highest BCUT2D eigenvalue weighted by Crippen LogP contribution is 2.30. The summed E-state index contributed by atoms with van der Waals surface area (Å²) in [5.41, 5.74) is 0.496. The number of pyridine rings is 1. The van der Waals surface area contributed by atoms with Gasteiger partial charge in [0.15, 0.2) is 0 Å². The summed E-state index contributed by atoms with van der Waals surface area (Å²) in [5, 5.41) is 0. The molecule has 1 unspecified atom stereocenters. The summed E-state index contributed by atoms with van der Waals surface area (Å²) in [7, 11) is 1.62. The van der Waals surface area contributed by atoms with E-state index in [0.29, 0.717) is 11.3 Å². The van der Waals surface area contributed by atoms with Crippen molar-refractivity contribution in [3.8, 4) is 0 Å². The van der Waals surface area contributed by atoms with Crippen molar-refractivity contribution in [2.45, 2.75) is 19.0 Å². The van der Waals surface area contributed by atoms with Crippen LogP contribution in [0.2, 0.25) is 0 Å². The zero-order valence-electron chi connectivity index (χ0n) is 12.1. The number of aromatic nitrogens is 1. The number of benzene rings is 1. The lowest BCUT2D eigenvalue weighted by atomic mass is 9.98. The van der Waals surface area contributed by atoms with E-state index in [0.717, 1.165) is 12.1 Å². The van der Waals surface area contributed by atoms with Crippen LogP contribution in [0.5, 0.6) is 0 Å². The Kier molecular flexibility index (Phi) is 4.49. The number of anilines is 1. The van der Waals surface area contributed by atoms with E-state index in [1.807, 2.05) is 0 Å². The molecule has 2 rings (SSSR count). The Bertz CT molecular complexity index is 639. The molecule has 1 atom stereocenters. The van der Waals surface area contributed by atoms with Gasteiger partial charge >= 0.3 is 6.18 Å². The predicted octanol–water partition coefficient (Wildman–Crippen LogP) is 3.87. The van der Waals surface area contributed by atoms with Crippen LogP contribution in [0.15, 0.2) is 48.8 Å². The summed E-state index contributed by atoms with van der Waals surface area (Å²) in [6.45, 7) is 1.67. The van der Waals surface area contributed by atoms with Gasteiger partial charge in [-0.1, -0.05) is 12.1 Å². The third-order valence-electron chi connectivity index (χ3n) is 3.49. The molecule has 0 spiro atoms. The van der Waals surface area contributed by atoms with Gasteiger partial charge in [0, 0.05) is 25.1 Å². The minimum absolute atomic E-state index is 0.203. The van der Waals surface area contributed by atoms with Crippen molar-refractivity contribution in [3.05, 3.63) is 59.9 Å². The fourth-order valence-corrected chi connectivity index (χ4v) is 2.09. The van der Waals surface area contributed by atoms with Crippen LogP contribution < -0.4 is 4.90 Å². The Hall–Kier alpha value is -2.37. The van der Waals surface area contributed by atoms with Crippen LogP contribution in [0.1, 0.15) is 24.0 Å². The summed E-state index contributed by atoms with van der Waals surface area (Å²) >= 11 is 0. The number of carbonyl (C=O) groups is 1. The Morgan fingerprint density at radius 2 is 1.64 bits per heavy atom. The average Bonchev–Trinajstić information content (AvgIpc) is 2.53. The van der Waals surface area contributed by atoms with Crippen LogP contribution in [0.25, 0.3) is 0 Å². The molecular formula is C16H15F3N2O. The molecule has 1 amide bonds. The first-order valence-corrected chi connectivity index (χ1v) is 6.65. The third-order valence-corrected chi connectivity index (χ3v) is 3.49. The fraction of sp³-hybridized carbons (Fsp3) is 0.250. The van der Waals surface area contributed by atoms with Gasteiger partial charge in [-0.2, -0.15) is 13.2 Å². The normalized spacial score (nSPS) is 12.8. The molecule has 0 aliphatic rings. The number of halogens is 3. The van der Waals surface area contributed by atoms with Crippen molar-refractivity contribution in [3.63, 3.8) is 0 Å². The molecule has 0 saturated carbocycles. The molecule has 3 nitrogen and oxygen atoms in total. The minimum Gasteiger partial charge on any atom is -0.315 e. The van der Waals surface area contributed by atoms with E-state index in [4.69, 9.17) is 0 Å². The monoisotopic (exact) mass is 308 g/mol. The Balaban J connectivity index is 2.17. The van der Waals surface area contributed by atoms with Crippen LogP contribution in [-0.2, 0) is 11.0 Å². The van der Waals surface area contributed by atoms with E-state index in [1.165, 1.54) is 17.0 Å². The molecule has 1 heterocycles. The molecule has 0 saturated heterocycles. The second kappa shape index (κ2) is 6.17. The van der Waals surface area contributed by atoms with E-state index in [1.54, 1.807) is 38.5 Å². The number of hydrogen-bond acceptors (Lipinski definition) is 2. The maximum absolute atomic E-state index is 12.5. The standard InChI is InChI=1S/C16H15F3N2O/c1-11(12-3-5-13(6-4-12)16(17,18)19)15(22)21(2)14-7-9-20-10-8-14/h3-11H,1-2H3. The van der Waals surface area contributed by atoms with E-state index >= 15 is 0 Å². The first kappa shape index (κ1) is 16.0. The first-order valence-electron chi connectivity index (χ1n) is 6.65. The van der Waals surface area contributed by atoms with Crippen molar-refractivity contribution in [1.82, 2.24) is 4.98 Å².